The number of rotatable bonds is 6. The smallest absolute Gasteiger partial charge is 0.320 e. The van der Waals surface area contributed by atoms with E-state index in [9.17, 15) is 9.90 Å². The Morgan fingerprint density at radius 1 is 1.15 bits per heavy atom. The third-order valence-electron chi connectivity index (χ3n) is 5.10. The highest BCUT2D eigenvalue weighted by molar-refractivity contribution is 9.10. The highest BCUT2D eigenvalue weighted by Gasteiger charge is 2.37. The molecular weight excluding hydrogens is 410 g/mol. The first-order valence-electron chi connectivity index (χ1n) is 9.01. The molecule has 2 unspecified atom stereocenters. The van der Waals surface area contributed by atoms with Crippen molar-refractivity contribution in [3.8, 4) is 11.5 Å². The number of carbonyl (C=O) groups is 1. The van der Waals surface area contributed by atoms with Crippen molar-refractivity contribution in [2.75, 3.05) is 20.8 Å². The third kappa shape index (κ3) is 4.12. The zero-order valence-electron chi connectivity index (χ0n) is 15.5. The molecule has 1 aliphatic rings. The van der Waals surface area contributed by atoms with Gasteiger partial charge in [0.25, 0.3) is 0 Å². The largest absolute Gasteiger partial charge is 0.497 e. The summed E-state index contributed by atoms with van der Waals surface area (Å²) in [6.07, 6.45) is 2.55. The van der Waals surface area contributed by atoms with Gasteiger partial charge in [0.1, 0.15) is 17.5 Å². The summed E-state index contributed by atoms with van der Waals surface area (Å²) >= 11 is 3.65. The number of likely N-dealkylation sites (tertiary alicyclic amines) is 1. The van der Waals surface area contributed by atoms with Crippen molar-refractivity contribution in [3.63, 3.8) is 0 Å². The average Bonchev–Trinajstić information content (AvgIpc) is 2.70. The minimum absolute atomic E-state index is 0.233. The Bertz CT molecular complexity index is 811. The highest BCUT2D eigenvalue weighted by atomic mass is 79.9. The quantitative estimate of drug-likeness (QED) is 0.726. The number of ether oxygens (including phenoxy) is 2. The Kier molecular flexibility index (Phi) is 6.39. The lowest BCUT2D eigenvalue weighted by Crippen LogP contribution is -2.47. The fourth-order valence-electron chi connectivity index (χ4n) is 3.79. The maximum atomic E-state index is 12.0. The van der Waals surface area contributed by atoms with Crippen LogP contribution in [0.2, 0.25) is 0 Å². The van der Waals surface area contributed by atoms with E-state index in [0.29, 0.717) is 17.9 Å². The van der Waals surface area contributed by atoms with Crippen molar-refractivity contribution in [3.05, 3.63) is 58.1 Å². The molecule has 2 aromatic rings. The third-order valence-corrected chi connectivity index (χ3v) is 5.82. The number of aliphatic carboxylic acids is 1. The molecule has 1 saturated heterocycles. The molecule has 1 N–H and O–H groups in total. The van der Waals surface area contributed by atoms with Gasteiger partial charge in [-0.25, -0.2) is 0 Å². The van der Waals surface area contributed by atoms with Gasteiger partial charge in [-0.1, -0.05) is 40.5 Å². The second-order valence-corrected chi connectivity index (χ2v) is 7.47. The van der Waals surface area contributed by atoms with Gasteiger partial charge in [-0.3, -0.25) is 9.69 Å². The van der Waals surface area contributed by atoms with Gasteiger partial charge in [-0.05, 0) is 43.1 Å². The lowest BCUT2D eigenvalue weighted by atomic mass is 9.91. The predicted molar refractivity (Wildman–Crippen MR) is 108 cm³/mol. The van der Waals surface area contributed by atoms with Gasteiger partial charge in [-0.2, -0.15) is 0 Å². The number of hydrogen-bond acceptors (Lipinski definition) is 4. The molecule has 0 amide bonds. The Labute approximate surface area is 168 Å². The predicted octanol–water partition coefficient (Wildman–Crippen LogP) is 4.49. The molecule has 0 bridgehead atoms. The number of carboxylic acid groups (broad SMARTS) is 1. The van der Waals surface area contributed by atoms with Crippen LogP contribution in [-0.2, 0) is 4.79 Å². The molecule has 0 radical (unpaired) electrons. The number of benzene rings is 2. The summed E-state index contributed by atoms with van der Waals surface area (Å²) in [5.41, 5.74) is 1.95. The highest BCUT2D eigenvalue weighted by Crippen LogP contribution is 2.41. The molecule has 2 atom stereocenters. The van der Waals surface area contributed by atoms with Crippen LogP contribution in [0.25, 0.3) is 0 Å². The van der Waals surface area contributed by atoms with Gasteiger partial charge in [-0.15, -0.1) is 0 Å². The van der Waals surface area contributed by atoms with Crippen LogP contribution in [0.3, 0.4) is 0 Å². The molecule has 0 aliphatic carbocycles. The van der Waals surface area contributed by atoms with Crippen LogP contribution in [0, 0.1) is 0 Å². The van der Waals surface area contributed by atoms with Gasteiger partial charge >= 0.3 is 5.97 Å². The van der Waals surface area contributed by atoms with Crippen molar-refractivity contribution in [1.29, 1.82) is 0 Å². The number of halogens is 1. The fourth-order valence-corrected chi connectivity index (χ4v) is 4.30. The zero-order chi connectivity index (χ0) is 19.4. The molecule has 1 fully saturated rings. The van der Waals surface area contributed by atoms with E-state index >= 15 is 0 Å². The Morgan fingerprint density at radius 2 is 1.93 bits per heavy atom. The lowest BCUT2D eigenvalue weighted by Gasteiger charge is -2.40. The van der Waals surface area contributed by atoms with Gasteiger partial charge in [0.05, 0.1) is 20.3 Å². The van der Waals surface area contributed by atoms with E-state index in [1.54, 1.807) is 14.2 Å². The summed E-state index contributed by atoms with van der Waals surface area (Å²) in [7, 11) is 3.24. The Balaban J connectivity index is 2.17. The molecule has 1 aliphatic heterocycles. The molecule has 0 saturated carbocycles. The Morgan fingerprint density at radius 3 is 2.59 bits per heavy atom. The number of piperidine rings is 1. The summed E-state index contributed by atoms with van der Waals surface area (Å²) < 4.78 is 11.9. The van der Waals surface area contributed by atoms with Crippen molar-refractivity contribution in [2.45, 2.75) is 31.3 Å². The minimum Gasteiger partial charge on any atom is -0.497 e. The standard InChI is InChI=1S/C21H24BrNO4/c1-26-14-10-11-16(19(13-14)27-2)20(15-7-3-4-8-17(15)22)23-12-6-5-9-18(23)21(24)25/h3-4,7-8,10-11,13,18,20H,5-6,9,12H2,1-2H3,(H,24,25). The molecule has 6 heteroatoms. The first-order chi connectivity index (χ1) is 13.1. The molecule has 0 aromatic heterocycles. The van der Waals surface area contributed by atoms with E-state index < -0.39 is 12.0 Å². The van der Waals surface area contributed by atoms with Crippen molar-refractivity contribution in [2.24, 2.45) is 0 Å². The van der Waals surface area contributed by atoms with E-state index in [0.717, 1.165) is 35.0 Å². The van der Waals surface area contributed by atoms with E-state index in [-0.39, 0.29) is 6.04 Å². The number of methoxy groups -OCH3 is 2. The topological polar surface area (TPSA) is 59.0 Å². The second kappa shape index (κ2) is 8.76. The molecule has 1 heterocycles. The molecule has 2 aromatic carbocycles. The molecular formula is C21H24BrNO4. The van der Waals surface area contributed by atoms with E-state index in [4.69, 9.17) is 9.47 Å². The maximum absolute atomic E-state index is 12.0. The lowest BCUT2D eigenvalue weighted by molar-refractivity contribution is -0.145. The van der Waals surface area contributed by atoms with Gasteiger partial charge in [0, 0.05) is 16.1 Å². The molecule has 5 nitrogen and oxygen atoms in total. The maximum Gasteiger partial charge on any atom is 0.320 e. The first kappa shape index (κ1) is 19.7. The van der Waals surface area contributed by atoms with Gasteiger partial charge < -0.3 is 14.6 Å². The van der Waals surface area contributed by atoms with Crippen LogP contribution in [0.15, 0.2) is 46.9 Å². The summed E-state index contributed by atoms with van der Waals surface area (Å²) in [5.74, 6) is 0.610. The fraction of sp³-hybridized carbons (Fsp3) is 0.381. The van der Waals surface area contributed by atoms with Crippen LogP contribution in [-0.4, -0.2) is 42.8 Å². The Hall–Kier alpha value is -2.05. The number of carboxylic acids is 1. The van der Waals surface area contributed by atoms with Crippen molar-refractivity contribution >= 4 is 21.9 Å². The summed E-state index contributed by atoms with van der Waals surface area (Å²) in [6.45, 7) is 0.720. The van der Waals surface area contributed by atoms with Crippen LogP contribution in [0.4, 0.5) is 0 Å². The van der Waals surface area contributed by atoms with E-state index in [1.165, 1.54) is 0 Å². The number of nitrogens with zero attached hydrogens (tertiary/aromatic N) is 1. The molecule has 0 spiro atoms. The van der Waals surface area contributed by atoms with E-state index in [1.807, 2.05) is 42.5 Å². The van der Waals surface area contributed by atoms with Gasteiger partial charge in [0.15, 0.2) is 0 Å². The van der Waals surface area contributed by atoms with Crippen molar-refractivity contribution in [1.82, 2.24) is 4.90 Å². The first-order valence-corrected chi connectivity index (χ1v) is 9.81. The van der Waals surface area contributed by atoms with Crippen LogP contribution < -0.4 is 9.47 Å². The summed E-state index contributed by atoms with van der Waals surface area (Å²) in [6, 6.07) is 12.9. The normalized spacial score (nSPS) is 18.7. The van der Waals surface area contributed by atoms with Crippen LogP contribution in [0.1, 0.15) is 36.4 Å². The molecule has 144 valence electrons. The van der Waals surface area contributed by atoms with Crippen molar-refractivity contribution < 1.29 is 19.4 Å². The SMILES string of the molecule is COc1ccc(C(c2ccccc2Br)N2CCCCC2C(=O)O)c(OC)c1. The molecule has 3 rings (SSSR count). The van der Waals surface area contributed by atoms with Crippen LogP contribution >= 0.6 is 15.9 Å². The average molecular weight is 434 g/mol. The second-order valence-electron chi connectivity index (χ2n) is 6.62. The molecule has 27 heavy (non-hydrogen) atoms. The zero-order valence-corrected chi connectivity index (χ0v) is 17.1. The number of hydrogen-bond donors (Lipinski definition) is 1. The summed E-state index contributed by atoms with van der Waals surface area (Å²) in [4.78, 5) is 14.0. The van der Waals surface area contributed by atoms with Crippen LogP contribution in [0.5, 0.6) is 11.5 Å². The van der Waals surface area contributed by atoms with E-state index in [2.05, 4.69) is 20.8 Å². The minimum atomic E-state index is -0.778. The summed E-state index contributed by atoms with van der Waals surface area (Å²) in [5, 5.41) is 9.82. The monoisotopic (exact) mass is 433 g/mol. The van der Waals surface area contributed by atoms with Gasteiger partial charge in [0.2, 0.25) is 0 Å².